The maximum absolute atomic E-state index is 11.5. The van der Waals surface area contributed by atoms with Crippen molar-refractivity contribution >= 4 is 11.7 Å². The second-order valence-corrected chi connectivity index (χ2v) is 4.54. The number of carbonyl (C=O) groups excluding carboxylic acids is 1. The second kappa shape index (κ2) is 6.28. The number of hydrogen-bond donors (Lipinski definition) is 1. The third kappa shape index (κ3) is 3.02. The van der Waals surface area contributed by atoms with Crippen molar-refractivity contribution in [3.63, 3.8) is 0 Å². The van der Waals surface area contributed by atoms with Gasteiger partial charge in [-0.15, -0.1) is 0 Å². The van der Waals surface area contributed by atoms with Gasteiger partial charge in [-0.2, -0.15) is 0 Å². The summed E-state index contributed by atoms with van der Waals surface area (Å²) in [7, 11) is 1.37. The van der Waals surface area contributed by atoms with Gasteiger partial charge >= 0.3 is 5.97 Å². The van der Waals surface area contributed by atoms with Crippen molar-refractivity contribution in [2.75, 3.05) is 12.4 Å². The molecule has 0 atom stereocenters. The van der Waals surface area contributed by atoms with Crippen LogP contribution in [0.1, 0.15) is 34.4 Å². The zero-order valence-electron chi connectivity index (χ0n) is 12.0. The fourth-order valence-corrected chi connectivity index (χ4v) is 2.13. The van der Waals surface area contributed by atoms with Gasteiger partial charge in [0.1, 0.15) is 17.1 Å². The van der Waals surface area contributed by atoms with Crippen molar-refractivity contribution in [1.29, 1.82) is 0 Å². The summed E-state index contributed by atoms with van der Waals surface area (Å²) in [6, 6.07) is 9.87. The zero-order valence-corrected chi connectivity index (χ0v) is 12.0. The van der Waals surface area contributed by atoms with Crippen LogP contribution in [0.5, 0.6) is 0 Å². The van der Waals surface area contributed by atoms with Crippen molar-refractivity contribution in [2.45, 2.75) is 26.8 Å². The van der Waals surface area contributed by atoms with Gasteiger partial charge < -0.3 is 14.5 Å². The number of furan rings is 1. The van der Waals surface area contributed by atoms with E-state index < -0.39 is 0 Å². The number of nitrogens with one attached hydrogen (secondary N) is 1. The SMILES string of the molecule is CCc1ccccc1NCc1cc(C(=O)OC)c(C)o1. The van der Waals surface area contributed by atoms with E-state index in [2.05, 4.69) is 18.3 Å². The van der Waals surface area contributed by atoms with E-state index in [1.165, 1.54) is 12.7 Å². The van der Waals surface area contributed by atoms with E-state index in [0.29, 0.717) is 23.6 Å². The smallest absolute Gasteiger partial charge is 0.341 e. The average molecular weight is 273 g/mol. The predicted octanol–water partition coefficient (Wildman–Crippen LogP) is 3.55. The molecule has 1 heterocycles. The number of para-hydroxylation sites is 1. The van der Waals surface area contributed by atoms with E-state index in [4.69, 9.17) is 9.15 Å². The van der Waals surface area contributed by atoms with Gasteiger partial charge in [-0.25, -0.2) is 4.79 Å². The molecule has 0 aliphatic heterocycles. The second-order valence-electron chi connectivity index (χ2n) is 4.54. The Morgan fingerprint density at radius 1 is 1.35 bits per heavy atom. The molecular weight excluding hydrogens is 254 g/mol. The maximum atomic E-state index is 11.5. The minimum absolute atomic E-state index is 0.369. The van der Waals surface area contributed by atoms with Gasteiger partial charge in [-0.3, -0.25) is 0 Å². The van der Waals surface area contributed by atoms with Crippen molar-refractivity contribution in [1.82, 2.24) is 0 Å². The molecule has 0 saturated heterocycles. The molecule has 0 aliphatic rings. The summed E-state index contributed by atoms with van der Waals surface area (Å²) in [5.74, 6) is 0.928. The van der Waals surface area contributed by atoms with Crippen LogP contribution in [0.25, 0.3) is 0 Å². The van der Waals surface area contributed by atoms with Crippen LogP contribution in [0, 0.1) is 6.92 Å². The third-order valence-corrected chi connectivity index (χ3v) is 3.23. The zero-order chi connectivity index (χ0) is 14.5. The fraction of sp³-hybridized carbons (Fsp3) is 0.312. The van der Waals surface area contributed by atoms with Crippen LogP contribution >= 0.6 is 0 Å². The number of rotatable bonds is 5. The minimum atomic E-state index is -0.369. The highest BCUT2D eigenvalue weighted by Crippen LogP contribution is 2.19. The largest absolute Gasteiger partial charge is 0.465 e. The van der Waals surface area contributed by atoms with E-state index in [1.54, 1.807) is 13.0 Å². The highest BCUT2D eigenvalue weighted by atomic mass is 16.5. The fourth-order valence-electron chi connectivity index (χ4n) is 2.13. The van der Waals surface area contributed by atoms with Gasteiger partial charge in [-0.1, -0.05) is 25.1 Å². The van der Waals surface area contributed by atoms with Crippen LogP contribution in [0.4, 0.5) is 5.69 Å². The molecule has 0 saturated carbocycles. The average Bonchev–Trinajstić information content (AvgIpc) is 2.85. The number of methoxy groups -OCH3 is 1. The number of carbonyl (C=O) groups is 1. The molecule has 0 radical (unpaired) electrons. The Morgan fingerprint density at radius 2 is 2.10 bits per heavy atom. The monoisotopic (exact) mass is 273 g/mol. The molecule has 2 aromatic rings. The number of aryl methyl sites for hydroxylation is 2. The van der Waals surface area contributed by atoms with Gasteiger partial charge in [0, 0.05) is 5.69 Å². The quantitative estimate of drug-likeness (QED) is 0.846. The predicted molar refractivity (Wildman–Crippen MR) is 77.9 cm³/mol. The molecular formula is C16H19NO3. The van der Waals surface area contributed by atoms with Crippen LogP contribution in [0.3, 0.4) is 0 Å². The van der Waals surface area contributed by atoms with E-state index in [9.17, 15) is 4.79 Å². The molecule has 1 N–H and O–H groups in total. The molecule has 4 nitrogen and oxygen atoms in total. The number of hydrogen-bond acceptors (Lipinski definition) is 4. The van der Waals surface area contributed by atoms with Crippen LogP contribution in [-0.4, -0.2) is 13.1 Å². The number of anilines is 1. The van der Waals surface area contributed by atoms with Crippen molar-refractivity contribution in [2.24, 2.45) is 0 Å². The third-order valence-electron chi connectivity index (χ3n) is 3.23. The number of benzene rings is 1. The normalized spacial score (nSPS) is 10.3. The van der Waals surface area contributed by atoms with Crippen LogP contribution in [-0.2, 0) is 17.7 Å². The molecule has 4 heteroatoms. The van der Waals surface area contributed by atoms with Crippen LogP contribution in [0.2, 0.25) is 0 Å². The Hall–Kier alpha value is -2.23. The molecule has 0 spiro atoms. The first-order valence-corrected chi connectivity index (χ1v) is 6.65. The lowest BCUT2D eigenvalue weighted by molar-refractivity contribution is 0.0599. The van der Waals surface area contributed by atoms with Crippen molar-refractivity contribution < 1.29 is 13.9 Å². The Balaban J connectivity index is 2.10. The van der Waals surface area contributed by atoms with E-state index in [0.717, 1.165) is 12.1 Å². The molecule has 2 rings (SSSR count). The van der Waals surface area contributed by atoms with E-state index in [-0.39, 0.29) is 5.97 Å². The van der Waals surface area contributed by atoms with Crippen molar-refractivity contribution in [3.05, 3.63) is 53.0 Å². The van der Waals surface area contributed by atoms with Gasteiger partial charge in [0.2, 0.25) is 0 Å². The van der Waals surface area contributed by atoms with Crippen molar-refractivity contribution in [3.8, 4) is 0 Å². The Kier molecular flexibility index (Phi) is 4.45. The Labute approximate surface area is 118 Å². The molecule has 0 aliphatic carbocycles. The summed E-state index contributed by atoms with van der Waals surface area (Å²) in [5, 5.41) is 3.33. The lowest BCUT2D eigenvalue weighted by atomic mass is 10.1. The lowest BCUT2D eigenvalue weighted by Crippen LogP contribution is -2.02. The summed E-state index contributed by atoms with van der Waals surface area (Å²) in [6.45, 7) is 4.41. The molecule has 0 amide bonds. The van der Waals surface area contributed by atoms with Gasteiger partial charge in [0.25, 0.3) is 0 Å². The Bertz CT molecular complexity index is 602. The summed E-state index contributed by atoms with van der Waals surface area (Å²) >= 11 is 0. The molecule has 0 unspecified atom stereocenters. The Morgan fingerprint density at radius 3 is 2.80 bits per heavy atom. The first kappa shape index (κ1) is 14.2. The summed E-state index contributed by atoms with van der Waals surface area (Å²) in [5.41, 5.74) is 2.82. The first-order chi connectivity index (χ1) is 9.65. The van der Waals surface area contributed by atoms with Crippen LogP contribution < -0.4 is 5.32 Å². The van der Waals surface area contributed by atoms with Gasteiger partial charge in [0.15, 0.2) is 0 Å². The number of ether oxygens (including phenoxy) is 1. The maximum Gasteiger partial charge on any atom is 0.341 e. The molecule has 1 aromatic carbocycles. The number of esters is 1. The van der Waals surface area contributed by atoms with Gasteiger partial charge in [-0.05, 0) is 31.0 Å². The highest BCUT2D eigenvalue weighted by molar-refractivity contribution is 5.90. The molecule has 1 aromatic heterocycles. The summed E-state index contributed by atoms with van der Waals surface area (Å²) in [6.07, 6.45) is 0.966. The van der Waals surface area contributed by atoms with Crippen LogP contribution in [0.15, 0.2) is 34.7 Å². The van der Waals surface area contributed by atoms with E-state index >= 15 is 0 Å². The molecule has 106 valence electrons. The molecule has 20 heavy (non-hydrogen) atoms. The summed E-state index contributed by atoms with van der Waals surface area (Å²) < 4.78 is 10.3. The molecule has 0 fully saturated rings. The van der Waals surface area contributed by atoms with Gasteiger partial charge in [0.05, 0.1) is 13.7 Å². The minimum Gasteiger partial charge on any atom is -0.465 e. The molecule has 0 bridgehead atoms. The lowest BCUT2D eigenvalue weighted by Gasteiger charge is -2.09. The topological polar surface area (TPSA) is 51.5 Å². The van der Waals surface area contributed by atoms with E-state index in [1.807, 2.05) is 18.2 Å². The first-order valence-electron chi connectivity index (χ1n) is 6.65. The highest BCUT2D eigenvalue weighted by Gasteiger charge is 2.15. The summed E-state index contributed by atoms with van der Waals surface area (Å²) in [4.78, 5) is 11.5. The standard InChI is InChI=1S/C16H19NO3/c1-4-12-7-5-6-8-15(12)17-10-13-9-14(11(2)20-13)16(18)19-3/h5-9,17H,4,10H2,1-3H3.